The summed E-state index contributed by atoms with van der Waals surface area (Å²) in [5, 5.41) is 10.2. The van der Waals surface area contributed by atoms with Crippen LogP contribution in [0.5, 0.6) is 0 Å². The number of nitriles is 1. The highest BCUT2D eigenvalue weighted by Gasteiger charge is 2.55. The number of allylic oxidation sites excluding steroid dienone is 2. The minimum Gasteiger partial charge on any atom is -0.207 e. The largest absolute Gasteiger partial charge is 0.244 e. The minimum atomic E-state index is -3.75. The van der Waals surface area contributed by atoms with Crippen molar-refractivity contribution >= 4 is 10.0 Å². The minimum absolute atomic E-state index is 0.237. The summed E-state index contributed by atoms with van der Waals surface area (Å²) in [6.07, 6.45) is 4.63. The van der Waals surface area contributed by atoms with Crippen molar-refractivity contribution in [3.63, 3.8) is 0 Å². The second-order valence-corrected chi connectivity index (χ2v) is 8.91. The molecule has 1 fully saturated rings. The van der Waals surface area contributed by atoms with Crippen LogP contribution in [0.25, 0.3) is 0 Å². The topological polar surface area (TPSA) is 61.2 Å². The van der Waals surface area contributed by atoms with Crippen LogP contribution in [0.2, 0.25) is 0 Å². The molecule has 0 radical (unpaired) electrons. The lowest BCUT2D eigenvalue weighted by Gasteiger charge is -2.33. The van der Waals surface area contributed by atoms with E-state index in [4.69, 9.17) is 0 Å². The molecule has 1 aliphatic carbocycles. The molecule has 0 N–H and O–H groups in total. The van der Waals surface area contributed by atoms with Crippen LogP contribution in [0.3, 0.4) is 0 Å². The van der Waals surface area contributed by atoms with Gasteiger partial charge >= 0.3 is 0 Å². The number of benzene rings is 2. The summed E-state index contributed by atoms with van der Waals surface area (Å²) in [5.74, 6) is 0. The lowest BCUT2D eigenvalue weighted by atomic mass is 9.71. The van der Waals surface area contributed by atoms with E-state index < -0.39 is 21.5 Å². The molecule has 0 aromatic heterocycles. The molecule has 1 aliphatic heterocycles. The normalized spacial score (nSPS) is 25.3. The molecule has 0 saturated carbocycles. The van der Waals surface area contributed by atoms with Crippen molar-refractivity contribution in [2.24, 2.45) is 5.41 Å². The van der Waals surface area contributed by atoms with Crippen LogP contribution in [-0.2, 0) is 10.0 Å². The zero-order valence-electron chi connectivity index (χ0n) is 15.0. The molecule has 136 valence electrons. The Balaban J connectivity index is 1.96. The van der Waals surface area contributed by atoms with Crippen molar-refractivity contribution < 1.29 is 8.42 Å². The molecule has 0 spiro atoms. The third-order valence-electron chi connectivity index (χ3n) is 5.50. The van der Waals surface area contributed by atoms with Crippen molar-refractivity contribution in [1.82, 2.24) is 4.31 Å². The van der Waals surface area contributed by atoms with E-state index >= 15 is 0 Å². The first-order chi connectivity index (χ1) is 13.0. The van der Waals surface area contributed by atoms with Crippen LogP contribution in [-0.4, -0.2) is 19.3 Å². The predicted octanol–water partition coefficient (Wildman–Crippen LogP) is 4.22. The summed E-state index contributed by atoms with van der Waals surface area (Å²) >= 11 is 0. The third-order valence-corrected chi connectivity index (χ3v) is 7.33. The van der Waals surface area contributed by atoms with E-state index in [2.05, 4.69) is 6.07 Å². The van der Waals surface area contributed by atoms with Crippen LogP contribution >= 0.6 is 0 Å². The van der Waals surface area contributed by atoms with Crippen molar-refractivity contribution in [3.05, 3.63) is 89.5 Å². The fourth-order valence-corrected chi connectivity index (χ4v) is 5.81. The van der Waals surface area contributed by atoms with E-state index in [-0.39, 0.29) is 11.4 Å². The van der Waals surface area contributed by atoms with Gasteiger partial charge in [-0.3, -0.25) is 0 Å². The summed E-state index contributed by atoms with van der Waals surface area (Å²) in [7, 11) is -3.75. The van der Waals surface area contributed by atoms with Gasteiger partial charge in [-0.15, -0.1) is 0 Å². The standard InChI is InChI=1S/C22H20N2O2S/c1-17-9-8-14-22(16-23)20(17)15-24(21(22)18-10-4-2-5-11-18)27(25,26)19-12-6-3-7-13-19/h2-8,10-14,21H,9,15H2,1H3. The average Bonchev–Trinajstić information content (AvgIpc) is 3.07. The van der Waals surface area contributed by atoms with Gasteiger partial charge in [0, 0.05) is 6.54 Å². The monoisotopic (exact) mass is 376 g/mol. The molecule has 0 amide bonds. The summed E-state index contributed by atoms with van der Waals surface area (Å²) in [6.45, 7) is 2.23. The van der Waals surface area contributed by atoms with Gasteiger partial charge in [-0.25, -0.2) is 8.42 Å². The van der Waals surface area contributed by atoms with Crippen LogP contribution in [0.1, 0.15) is 24.9 Å². The predicted molar refractivity (Wildman–Crippen MR) is 104 cm³/mol. The zero-order chi connectivity index (χ0) is 19.1. The molecule has 2 unspecified atom stereocenters. The molecule has 2 aromatic rings. The molecule has 5 heteroatoms. The van der Waals surface area contributed by atoms with Gasteiger partial charge in [0.15, 0.2) is 0 Å². The molecule has 27 heavy (non-hydrogen) atoms. The highest BCUT2D eigenvalue weighted by atomic mass is 32.2. The number of hydrogen-bond donors (Lipinski definition) is 0. The fraction of sp³-hybridized carbons (Fsp3) is 0.227. The van der Waals surface area contributed by atoms with Gasteiger partial charge in [0.2, 0.25) is 10.0 Å². The second-order valence-electron chi connectivity index (χ2n) is 7.02. The lowest BCUT2D eigenvalue weighted by Crippen LogP contribution is -2.35. The number of sulfonamides is 1. The maximum atomic E-state index is 13.5. The Morgan fingerprint density at radius 2 is 1.70 bits per heavy atom. The fourth-order valence-electron chi connectivity index (χ4n) is 4.18. The number of fused-ring (bicyclic) bond motifs is 1. The van der Waals surface area contributed by atoms with E-state index in [0.29, 0.717) is 0 Å². The highest BCUT2D eigenvalue weighted by Crippen LogP contribution is 2.55. The van der Waals surface area contributed by atoms with Gasteiger partial charge in [-0.2, -0.15) is 9.57 Å². The summed E-state index contributed by atoms with van der Waals surface area (Å²) in [6, 6.07) is 19.8. The van der Waals surface area contributed by atoms with E-state index in [1.54, 1.807) is 30.3 Å². The maximum absolute atomic E-state index is 13.5. The smallest absolute Gasteiger partial charge is 0.207 e. The molecular weight excluding hydrogens is 356 g/mol. The van der Waals surface area contributed by atoms with Crippen LogP contribution in [0.15, 0.2) is 88.9 Å². The van der Waals surface area contributed by atoms with Gasteiger partial charge in [-0.05, 0) is 36.6 Å². The van der Waals surface area contributed by atoms with Crippen LogP contribution in [0.4, 0.5) is 0 Å². The molecule has 1 heterocycles. The Morgan fingerprint density at radius 1 is 1.07 bits per heavy atom. The van der Waals surface area contributed by atoms with Gasteiger partial charge in [-0.1, -0.05) is 66.3 Å². The second kappa shape index (κ2) is 6.49. The van der Waals surface area contributed by atoms with Gasteiger partial charge < -0.3 is 0 Å². The molecule has 2 aromatic carbocycles. The third kappa shape index (κ3) is 2.64. The first-order valence-electron chi connectivity index (χ1n) is 8.90. The van der Waals surface area contributed by atoms with E-state index in [1.807, 2.05) is 49.4 Å². The lowest BCUT2D eigenvalue weighted by molar-refractivity contribution is 0.334. The first kappa shape index (κ1) is 17.7. The Bertz CT molecular complexity index is 1070. The summed E-state index contributed by atoms with van der Waals surface area (Å²) in [5.41, 5.74) is 1.84. The van der Waals surface area contributed by atoms with Gasteiger partial charge in [0.25, 0.3) is 0 Å². The van der Waals surface area contributed by atoms with Crippen molar-refractivity contribution in [3.8, 4) is 6.07 Å². The van der Waals surface area contributed by atoms with Gasteiger partial charge in [0.1, 0.15) is 5.41 Å². The van der Waals surface area contributed by atoms with Crippen molar-refractivity contribution in [1.29, 1.82) is 5.26 Å². The van der Waals surface area contributed by atoms with E-state index in [9.17, 15) is 13.7 Å². The zero-order valence-corrected chi connectivity index (χ0v) is 15.9. The molecule has 2 aliphatic rings. The molecule has 1 saturated heterocycles. The van der Waals surface area contributed by atoms with Crippen LogP contribution < -0.4 is 0 Å². The summed E-state index contributed by atoms with van der Waals surface area (Å²) < 4.78 is 28.5. The summed E-state index contributed by atoms with van der Waals surface area (Å²) in [4.78, 5) is 0.250. The number of hydrogen-bond acceptors (Lipinski definition) is 3. The molecular formula is C22H20N2O2S. The van der Waals surface area contributed by atoms with Crippen molar-refractivity contribution in [2.75, 3.05) is 6.54 Å². The van der Waals surface area contributed by atoms with E-state index in [1.165, 1.54) is 4.31 Å². The molecule has 2 atom stereocenters. The Hall–Kier alpha value is -2.68. The average molecular weight is 376 g/mol. The van der Waals surface area contributed by atoms with Crippen LogP contribution in [0, 0.1) is 16.7 Å². The maximum Gasteiger partial charge on any atom is 0.244 e. The molecule has 4 nitrogen and oxygen atoms in total. The quantitative estimate of drug-likeness (QED) is 0.754. The molecule has 0 bridgehead atoms. The van der Waals surface area contributed by atoms with E-state index in [0.717, 1.165) is 23.1 Å². The highest BCUT2D eigenvalue weighted by molar-refractivity contribution is 7.89. The Labute approximate surface area is 160 Å². The van der Waals surface area contributed by atoms with Gasteiger partial charge in [0.05, 0.1) is 17.0 Å². The number of nitrogens with zero attached hydrogens (tertiary/aromatic N) is 2. The number of rotatable bonds is 3. The SMILES string of the molecule is CC1=C2CN(S(=O)(=O)c3ccccc3)C(c3ccccc3)C2(C#N)C=CC1. The Kier molecular flexibility index (Phi) is 4.26. The Morgan fingerprint density at radius 3 is 2.33 bits per heavy atom. The van der Waals surface area contributed by atoms with Crippen molar-refractivity contribution in [2.45, 2.75) is 24.3 Å². The molecule has 4 rings (SSSR count). The first-order valence-corrected chi connectivity index (χ1v) is 10.3.